The SMILES string of the molecule is O=C(COC[C@@H](CO[N+](=O)[O-])O[N+](=O)[O-])NCCC(=O)N[C@@H](Cc1c[nH]cn1)C(=O)O.O=C(O)C(F)(F)F. The number of nitrogens with zero attached hydrogens (tertiary/aromatic N) is 3. The second-order valence-corrected chi connectivity index (χ2v) is 6.61. The highest BCUT2D eigenvalue weighted by atomic mass is 19.4. The minimum Gasteiger partial charge on any atom is -0.480 e. The first-order chi connectivity index (χ1) is 17.6. The molecule has 1 aromatic rings. The number of rotatable bonds is 16. The van der Waals surface area contributed by atoms with Gasteiger partial charge in [-0.05, 0) is 0 Å². The second kappa shape index (κ2) is 16.8. The van der Waals surface area contributed by atoms with Crippen LogP contribution in [-0.4, -0.2) is 98.8 Å². The Morgan fingerprint density at radius 2 is 1.74 bits per heavy atom. The molecule has 0 saturated carbocycles. The number of imidazole rings is 1. The minimum absolute atomic E-state index is 0.0294. The Labute approximate surface area is 208 Å². The number of nitrogens with one attached hydrogen (secondary N) is 3. The third kappa shape index (κ3) is 16.8. The smallest absolute Gasteiger partial charge is 0.480 e. The first-order valence-electron chi connectivity index (χ1n) is 9.84. The van der Waals surface area contributed by atoms with Gasteiger partial charge in [0.15, 0.2) is 6.10 Å². The van der Waals surface area contributed by atoms with Gasteiger partial charge >= 0.3 is 18.1 Å². The second-order valence-electron chi connectivity index (χ2n) is 6.61. The Balaban J connectivity index is 0.00000171. The van der Waals surface area contributed by atoms with Crippen LogP contribution in [0.4, 0.5) is 13.2 Å². The van der Waals surface area contributed by atoms with Crippen LogP contribution in [0.1, 0.15) is 12.1 Å². The molecule has 0 spiro atoms. The quantitative estimate of drug-likeness (QED) is 0.113. The number of ether oxygens (including phenoxy) is 1. The maximum absolute atomic E-state index is 11.9. The van der Waals surface area contributed by atoms with Crippen molar-refractivity contribution in [1.82, 2.24) is 20.6 Å². The van der Waals surface area contributed by atoms with E-state index in [4.69, 9.17) is 19.7 Å². The Bertz CT molecular complexity index is 944. The molecule has 38 heavy (non-hydrogen) atoms. The molecule has 5 N–H and O–H groups in total. The lowest BCUT2D eigenvalue weighted by Crippen LogP contribution is -2.43. The topological polar surface area (TPSA) is 275 Å². The summed E-state index contributed by atoms with van der Waals surface area (Å²) in [4.78, 5) is 78.7. The Hall–Kier alpha value is -4.76. The molecule has 0 unspecified atom stereocenters. The van der Waals surface area contributed by atoms with E-state index in [1.54, 1.807) is 0 Å². The minimum atomic E-state index is -5.08. The van der Waals surface area contributed by atoms with Crippen LogP contribution in [0.2, 0.25) is 0 Å². The Morgan fingerprint density at radius 3 is 2.21 bits per heavy atom. The molecule has 1 aromatic heterocycles. The number of halogens is 3. The number of aliphatic carboxylic acids is 2. The Kier molecular flexibility index (Phi) is 14.7. The van der Waals surface area contributed by atoms with Gasteiger partial charge in [0.25, 0.3) is 10.2 Å². The molecule has 0 radical (unpaired) electrons. The van der Waals surface area contributed by atoms with Crippen molar-refractivity contribution in [3.8, 4) is 0 Å². The molecule has 19 nitrogen and oxygen atoms in total. The molecule has 0 aliphatic carbocycles. The molecule has 0 aliphatic rings. The van der Waals surface area contributed by atoms with E-state index in [9.17, 15) is 47.8 Å². The van der Waals surface area contributed by atoms with Crippen LogP contribution in [0.5, 0.6) is 0 Å². The molecule has 0 saturated heterocycles. The van der Waals surface area contributed by atoms with Gasteiger partial charge in [0.05, 0.1) is 18.6 Å². The summed E-state index contributed by atoms with van der Waals surface area (Å²) < 4.78 is 36.6. The van der Waals surface area contributed by atoms with Crippen LogP contribution in [0.15, 0.2) is 12.5 Å². The number of carbonyl (C=O) groups excluding carboxylic acids is 2. The van der Waals surface area contributed by atoms with E-state index < -0.39 is 72.1 Å². The van der Waals surface area contributed by atoms with Crippen LogP contribution >= 0.6 is 0 Å². The summed E-state index contributed by atoms with van der Waals surface area (Å²) in [6, 6.07) is -1.20. The molecular formula is C16H21F3N6O13. The normalized spacial score (nSPS) is 12.1. The number of amides is 2. The van der Waals surface area contributed by atoms with Crippen molar-refractivity contribution in [1.29, 1.82) is 0 Å². The van der Waals surface area contributed by atoms with Crippen LogP contribution < -0.4 is 10.6 Å². The Morgan fingerprint density at radius 1 is 1.11 bits per heavy atom. The number of carbonyl (C=O) groups is 4. The molecule has 0 aliphatic heterocycles. The van der Waals surface area contributed by atoms with Crippen molar-refractivity contribution in [2.24, 2.45) is 0 Å². The number of carboxylic acid groups (broad SMARTS) is 2. The zero-order chi connectivity index (χ0) is 29.3. The number of aromatic amines is 1. The van der Waals surface area contributed by atoms with Gasteiger partial charge in [0.2, 0.25) is 11.8 Å². The largest absolute Gasteiger partial charge is 0.490 e. The third-order valence-electron chi connectivity index (χ3n) is 3.66. The highest BCUT2D eigenvalue weighted by Crippen LogP contribution is 2.13. The summed E-state index contributed by atoms with van der Waals surface area (Å²) in [6.07, 6.45) is -3.90. The fraction of sp³-hybridized carbons (Fsp3) is 0.562. The molecule has 2 atom stereocenters. The summed E-state index contributed by atoms with van der Waals surface area (Å²) in [6.45, 7) is -2.04. The summed E-state index contributed by atoms with van der Waals surface area (Å²) >= 11 is 0. The van der Waals surface area contributed by atoms with E-state index in [1.807, 2.05) is 0 Å². The van der Waals surface area contributed by atoms with E-state index in [1.165, 1.54) is 12.5 Å². The predicted octanol–water partition coefficient (Wildman–Crippen LogP) is -1.54. The zero-order valence-electron chi connectivity index (χ0n) is 18.9. The first kappa shape index (κ1) is 33.2. The number of hydrogen-bond donors (Lipinski definition) is 5. The highest BCUT2D eigenvalue weighted by molar-refractivity contribution is 5.84. The van der Waals surface area contributed by atoms with Gasteiger partial charge in [-0.3, -0.25) is 9.59 Å². The molecule has 0 aromatic carbocycles. The van der Waals surface area contributed by atoms with Gasteiger partial charge in [0.1, 0.15) is 19.3 Å². The maximum Gasteiger partial charge on any atom is 0.490 e. The number of alkyl halides is 3. The van der Waals surface area contributed by atoms with E-state index in [0.29, 0.717) is 5.69 Å². The molecule has 1 rings (SSSR count). The van der Waals surface area contributed by atoms with E-state index in [-0.39, 0.29) is 19.4 Å². The van der Waals surface area contributed by atoms with Crippen LogP contribution in [0.25, 0.3) is 0 Å². The van der Waals surface area contributed by atoms with Gasteiger partial charge in [-0.2, -0.15) is 13.2 Å². The predicted molar refractivity (Wildman–Crippen MR) is 109 cm³/mol. The lowest BCUT2D eigenvalue weighted by atomic mass is 10.1. The van der Waals surface area contributed by atoms with Crippen molar-refractivity contribution in [2.45, 2.75) is 31.2 Å². The fourth-order valence-electron chi connectivity index (χ4n) is 2.10. The third-order valence-corrected chi connectivity index (χ3v) is 3.66. The van der Waals surface area contributed by atoms with E-state index in [0.717, 1.165) is 0 Å². The molecule has 0 fully saturated rings. The van der Waals surface area contributed by atoms with Crippen molar-refractivity contribution in [3.05, 3.63) is 38.4 Å². The fourth-order valence-corrected chi connectivity index (χ4v) is 2.10. The van der Waals surface area contributed by atoms with Crippen molar-refractivity contribution < 1.29 is 67.1 Å². The zero-order valence-corrected chi connectivity index (χ0v) is 18.9. The van der Waals surface area contributed by atoms with Gasteiger partial charge in [-0.15, -0.1) is 20.2 Å². The summed E-state index contributed by atoms with van der Waals surface area (Å²) in [7, 11) is 0. The van der Waals surface area contributed by atoms with Crippen molar-refractivity contribution in [3.63, 3.8) is 0 Å². The highest BCUT2D eigenvalue weighted by Gasteiger charge is 2.38. The molecular weight excluding hydrogens is 541 g/mol. The van der Waals surface area contributed by atoms with Gasteiger partial charge in [0, 0.05) is 25.6 Å². The summed E-state index contributed by atoms with van der Waals surface area (Å²) in [5.74, 6) is -5.32. The molecule has 22 heteroatoms. The van der Waals surface area contributed by atoms with Crippen molar-refractivity contribution >= 4 is 23.8 Å². The van der Waals surface area contributed by atoms with Crippen LogP contribution in [-0.2, 0) is 40.0 Å². The number of hydrogen-bond acceptors (Lipinski definition) is 12. The number of H-pyrrole nitrogens is 1. The maximum atomic E-state index is 11.9. The van der Waals surface area contributed by atoms with E-state index in [2.05, 4.69) is 30.3 Å². The average molecular weight is 562 g/mol. The standard InChI is InChI=1S/C14H20N6O11.C2HF3O2/c21-12(18-11(14(23)24)3-9-4-15-8-17-9)1-2-16-13(22)7-29-5-10(31-20(27)28)6-30-19(25)26;3-2(4,5)1(6)7/h4,8,10-11H,1-3,5-7H2,(H,15,17)(H,16,22)(H,18,21)(H,23,24);(H,6,7)/t10-,11-;/m0./s1. The van der Waals surface area contributed by atoms with Gasteiger partial charge in [-0.1, -0.05) is 0 Å². The average Bonchev–Trinajstić information content (AvgIpc) is 3.29. The molecule has 2 amide bonds. The van der Waals surface area contributed by atoms with Crippen LogP contribution in [0, 0.1) is 20.2 Å². The summed E-state index contributed by atoms with van der Waals surface area (Å²) in [5, 5.41) is 39.0. The molecule has 1 heterocycles. The molecule has 214 valence electrons. The van der Waals surface area contributed by atoms with Gasteiger partial charge < -0.3 is 40.2 Å². The lowest BCUT2D eigenvalue weighted by Gasteiger charge is -2.14. The van der Waals surface area contributed by atoms with E-state index >= 15 is 0 Å². The lowest BCUT2D eigenvalue weighted by molar-refractivity contribution is -0.790. The first-order valence-corrected chi connectivity index (χ1v) is 9.84. The number of carboxylic acids is 2. The van der Waals surface area contributed by atoms with Gasteiger partial charge in [-0.25, -0.2) is 14.6 Å². The van der Waals surface area contributed by atoms with Crippen LogP contribution in [0.3, 0.4) is 0 Å². The summed E-state index contributed by atoms with van der Waals surface area (Å²) in [5.41, 5.74) is 0.445. The molecule has 0 bridgehead atoms. The monoisotopic (exact) mass is 562 g/mol. The number of aromatic nitrogens is 2. The van der Waals surface area contributed by atoms with Crippen molar-refractivity contribution in [2.75, 3.05) is 26.4 Å².